The highest BCUT2D eigenvalue weighted by Gasteiger charge is 2.38. The summed E-state index contributed by atoms with van der Waals surface area (Å²) >= 11 is 0. The van der Waals surface area contributed by atoms with Crippen molar-refractivity contribution in [3.63, 3.8) is 0 Å². The number of anilines is 2. The van der Waals surface area contributed by atoms with E-state index in [0.717, 1.165) is 43.9 Å². The number of nitrogens with one attached hydrogen (secondary N) is 2. The molecule has 0 radical (unpaired) electrons. The lowest BCUT2D eigenvalue weighted by Crippen LogP contribution is -2.32. The number of amides is 2. The fourth-order valence-electron chi connectivity index (χ4n) is 3.18. The molecule has 2 aliphatic rings. The van der Waals surface area contributed by atoms with E-state index in [1.165, 1.54) is 6.42 Å². The Bertz CT molecular complexity index is 598. The van der Waals surface area contributed by atoms with Gasteiger partial charge in [0.2, 0.25) is 11.8 Å². The van der Waals surface area contributed by atoms with E-state index in [9.17, 15) is 9.59 Å². The molecule has 2 amide bonds. The second-order valence-corrected chi connectivity index (χ2v) is 6.83. The molecule has 2 fully saturated rings. The number of carbonyl (C=O) groups is 2. The van der Waals surface area contributed by atoms with Gasteiger partial charge in [-0.15, -0.1) is 0 Å². The van der Waals surface area contributed by atoms with Gasteiger partial charge in [0.25, 0.3) is 0 Å². The van der Waals surface area contributed by atoms with Crippen molar-refractivity contribution in [2.75, 3.05) is 29.9 Å². The SMILES string of the molecule is CC1CC1C(=O)NCCC(=O)Nc1cccnc1N1CCCCC1. The molecule has 3 rings (SSSR count). The number of piperidine rings is 1. The van der Waals surface area contributed by atoms with Gasteiger partial charge in [0.05, 0.1) is 5.69 Å². The maximum atomic E-state index is 12.2. The lowest BCUT2D eigenvalue weighted by Gasteiger charge is -2.29. The summed E-state index contributed by atoms with van der Waals surface area (Å²) in [6.07, 6.45) is 6.58. The molecule has 2 atom stereocenters. The summed E-state index contributed by atoms with van der Waals surface area (Å²) in [6, 6.07) is 3.72. The normalized spacial score (nSPS) is 22.8. The molecular formula is C18H26N4O2. The van der Waals surface area contributed by atoms with Gasteiger partial charge in [-0.1, -0.05) is 6.92 Å². The third-order valence-electron chi connectivity index (χ3n) is 4.81. The molecule has 1 aromatic rings. The van der Waals surface area contributed by atoms with E-state index in [1.807, 2.05) is 12.1 Å². The van der Waals surface area contributed by atoms with Crippen molar-refractivity contribution in [2.45, 2.75) is 39.0 Å². The minimum atomic E-state index is -0.0922. The van der Waals surface area contributed by atoms with E-state index in [4.69, 9.17) is 0 Å². The molecule has 6 heteroatoms. The van der Waals surface area contributed by atoms with Crippen LogP contribution in [0, 0.1) is 11.8 Å². The zero-order valence-electron chi connectivity index (χ0n) is 14.3. The van der Waals surface area contributed by atoms with Crippen molar-refractivity contribution >= 4 is 23.3 Å². The van der Waals surface area contributed by atoms with Crippen molar-refractivity contribution in [1.29, 1.82) is 0 Å². The summed E-state index contributed by atoms with van der Waals surface area (Å²) < 4.78 is 0. The Labute approximate surface area is 143 Å². The first-order valence-electron chi connectivity index (χ1n) is 8.92. The van der Waals surface area contributed by atoms with E-state index < -0.39 is 0 Å². The molecule has 2 heterocycles. The van der Waals surface area contributed by atoms with Crippen LogP contribution in [0.1, 0.15) is 39.0 Å². The van der Waals surface area contributed by atoms with Crippen molar-refractivity contribution in [1.82, 2.24) is 10.3 Å². The average Bonchev–Trinajstić information content (AvgIpc) is 3.33. The molecule has 1 saturated heterocycles. The van der Waals surface area contributed by atoms with Crippen LogP contribution in [-0.2, 0) is 9.59 Å². The summed E-state index contributed by atoms with van der Waals surface area (Å²) in [5, 5.41) is 5.78. The average molecular weight is 330 g/mol. The van der Waals surface area contributed by atoms with Crippen LogP contribution in [0.25, 0.3) is 0 Å². The molecule has 1 aromatic heterocycles. The first-order valence-corrected chi connectivity index (χ1v) is 8.92. The Morgan fingerprint density at radius 1 is 1.29 bits per heavy atom. The lowest BCUT2D eigenvalue weighted by molar-refractivity contribution is -0.122. The van der Waals surface area contributed by atoms with Gasteiger partial charge >= 0.3 is 0 Å². The maximum Gasteiger partial charge on any atom is 0.226 e. The summed E-state index contributed by atoms with van der Waals surface area (Å²) in [6.45, 7) is 4.42. The summed E-state index contributed by atoms with van der Waals surface area (Å²) in [4.78, 5) is 30.6. The summed E-state index contributed by atoms with van der Waals surface area (Å²) in [5.74, 6) is 1.47. The predicted octanol–water partition coefficient (Wildman–Crippen LogP) is 2.17. The lowest BCUT2D eigenvalue weighted by atomic mass is 10.1. The van der Waals surface area contributed by atoms with Crippen LogP contribution in [0.5, 0.6) is 0 Å². The topological polar surface area (TPSA) is 74.3 Å². The molecule has 0 bridgehead atoms. The van der Waals surface area contributed by atoms with Gasteiger partial charge in [0.15, 0.2) is 5.82 Å². The van der Waals surface area contributed by atoms with Crippen LogP contribution in [0.2, 0.25) is 0 Å². The van der Waals surface area contributed by atoms with Crippen LogP contribution in [0.15, 0.2) is 18.3 Å². The number of pyridine rings is 1. The first kappa shape index (κ1) is 16.7. The van der Waals surface area contributed by atoms with Gasteiger partial charge in [-0.3, -0.25) is 9.59 Å². The Kier molecular flexibility index (Phi) is 5.33. The highest BCUT2D eigenvalue weighted by molar-refractivity contribution is 5.94. The largest absolute Gasteiger partial charge is 0.355 e. The summed E-state index contributed by atoms with van der Waals surface area (Å²) in [7, 11) is 0. The smallest absolute Gasteiger partial charge is 0.226 e. The van der Waals surface area contributed by atoms with Gasteiger partial charge in [0.1, 0.15) is 0 Å². The number of hydrogen-bond acceptors (Lipinski definition) is 4. The second kappa shape index (κ2) is 7.64. The molecule has 1 saturated carbocycles. The van der Waals surface area contributed by atoms with Crippen LogP contribution in [-0.4, -0.2) is 36.4 Å². The number of rotatable bonds is 6. The highest BCUT2D eigenvalue weighted by atomic mass is 16.2. The molecule has 24 heavy (non-hydrogen) atoms. The molecule has 0 spiro atoms. The van der Waals surface area contributed by atoms with Crippen molar-refractivity contribution in [3.05, 3.63) is 18.3 Å². The standard InChI is InChI=1S/C18H26N4O2/c1-13-12-14(13)18(24)20-9-7-16(23)21-15-6-5-8-19-17(15)22-10-3-2-4-11-22/h5-6,8,13-14H,2-4,7,9-12H2,1H3,(H,20,24)(H,21,23). The van der Waals surface area contributed by atoms with Crippen molar-refractivity contribution in [2.24, 2.45) is 11.8 Å². The Hall–Kier alpha value is -2.11. The fourth-order valence-corrected chi connectivity index (χ4v) is 3.18. The molecule has 0 aromatic carbocycles. The fraction of sp³-hybridized carbons (Fsp3) is 0.611. The van der Waals surface area contributed by atoms with E-state index in [1.54, 1.807) is 6.20 Å². The van der Waals surface area contributed by atoms with Crippen LogP contribution in [0.4, 0.5) is 11.5 Å². The molecule has 2 N–H and O–H groups in total. The number of aromatic nitrogens is 1. The van der Waals surface area contributed by atoms with Gasteiger partial charge < -0.3 is 15.5 Å². The minimum absolute atomic E-state index is 0.0747. The van der Waals surface area contributed by atoms with Gasteiger partial charge in [-0.05, 0) is 43.7 Å². The third-order valence-corrected chi connectivity index (χ3v) is 4.81. The predicted molar refractivity (Wildman–Crippen MR) is 93.8 cm³/mol. The Balaban J connectivity index is 1.49. The highest BCUT2D eigenvalue weighted by Crippen LogP contribution is 2.37. The van der Waals surface area contributed by atoms with Crippen molar-refractivity contribution in [3.8, 4) is 0 Å². The van der Waals surface area contributed by atoms with Crippen LogP contribution < -0.4 is 15.5 Å². The van der Waals surface area contributed by atoms with E-state index in [2.05, 4.69) is 27.4 Å². The van der Waals surface area contributed by atoms with E-state index in [0.29, 0.717) is 12.5 Å². The number of nitrogens with zero attached hydrogens (tertiary/aromatic N) is 2. The quantitative estimate of drug-likeness (QED) is 0.838. The molecule has 1 aliphatic heterocycles. The molecule has 1 aliphatic carbocycles. The molecule has 130 valence electrons. The molecule has 2 unspecified atom stereocenters. The molecular weight excluding hydrogens is 304 g/mol. The van der Waals surface area contributed by atoms with E-state index in [-0.39, 0.29) is 24.2 Å². The maximum absolute atomic E-state index is 12.2. The van der Waals surface area contributed by atoms with E-state index >= 15 is 0 Å². The second-order valence-electron chi connectivity index (χ2n) is 6.83. The first-order chi connectivity index (χ1) is 11.6. The van der Waals surface area contributed by atoms with Gasteiger partial charge in [-0.25, -0.2) is 4.98 Å². The third kappa shape index (κ3) is 4.24. The van der Waals surface area contributed by atoms with Gasteiger partial charge in [0, 0.05) is 38.2 Å². The number of hydrogen-bond donors (Lipinski definition) is 2. The Morgan fingerprint density at radius 2 is 2.04 bits per heavy atom. The minimum Gasteiger partial charge on any atom is -0.355 e. The van der Waals surface area contributed by atoms with Gasteiger partial charge in [-0.2, -0.15) is 0 Å². The zero-order valence-corrected chi connectivity index (χ0v) is 14.3. The zero-order chi connectivity index (χ0) is 16.9. The van der Waals surface area contributed by atoms with Crippen molar-refractivity contribution < 1.29 is 9.59 Å². The Morgan fingerprint density at radius 3 is 2.75 bits per heavy atom. The monoisotopic (exact) mass is 330 g/mol. The van der Waals surface area contributed by atoms with Crippen LogP contribution >= 0.6 is 0 Å². The van der Waals surface area contributed by atoms with Crippen LogP contribution in [0.3, 0.4) is 0 Å². The summed E-state index contributed by atoms with van der Waals surface area (Å²) in [5.41, 5.74) is 0.756. The molecule has 6 nitrogen and oxygen atoms in total. The number of carbonyl (C=O) groups excluding carboxylic acids is 2.